The minimum absolute atomic E-state index is 0.0119. The molecule has 1 rings (SSSR count). The Bertz CT molecular complexity index is 357. The zero-order chi connectivity index (χ0) is 13.4. The molecule has 0 bridgehead atoms. The molecule has 1 amide bonds. The molecule has 100 valence electrons. The fourth-order valence-corrected chi connectivity index (χ4v) is 1.72. The Morgan fingerprint density at radius 2 is 1.89 bits per heavy atom. The number of hydrogen-bond acceptors (Lipinski definition) is 2. The molecule has 18 heavy (non-hydrogen) atoms. The topological polar surface area (TPSA) is 38.3 Å². The van der Waals surface area contributed by atoms with Gasteiger partial charge in [0.25, 0.3) is 5.91 Å². The first-order valence-corrected chi connectivity index (χ1v) is 6.55. The predicted molar refractivity (Wildman–Crippen MR) is 74.0 cm³/mol. The van der Waals surface area contributed by atoms with Crippen LogP contribution in [0.4, 0.5) is 0 Å². The predicted octanol–water partition coefficient (Wildman–Crippen LogP) is 3.25. The maximum absolute atomic E-state index is 11.8. The second-order valence-electron chi connectivity index (χ2n) is 4.87. The van der Waals surface area contributed by atoms with Gasteiger partial charge in [-0.1, -0.05) is 26.7 Å². The number of hydrogen-bond donors (Lipinski definition) is 1. The van der Waals surface area contributed by atoms with Crippen LogP contribution in [-0.2, 0) is 0 Å². The maximum atomic E-state index is 11.8. The molecule has 1 aromatic rings. The smallest absolute Gasteiger partial charge is 0.251 e. The van der Waals surface area contributed by atoms with Gasteiger partial charge in [-0.05, 0) is 36.6 Å². The van der Waals surface area contributed by atoms with E-state index in [1.165, 1.54) is 12.8 Å². The quantitative estimate of drug-likeness (QED) is 0.753. The Kier molecular flexibility index (Phi) is 6.26. The lowest BCUT2D eigenvalue weighted by Crippen LogP contribution is -2.24. The molecule has 0 fully saturated rings. The molecular weight excluding hydrogens is 226 g/mol. The molecule has 0 saturated heterocycles. The SMILES string of the molecule is COc1ccc(C(=O)NCCCCC(C)C)cc1. The van der Waals surface area contributed by atoms with Crippen LogP contribution in [0.1, 0.15) is 43.5 Å². The highest BCUT2D eigenvalue weighted by atomic mass is 16.5. The standard InChI is InChI=1S/C15H23NO2/c1-12(2)6-4-5-11-16-15(17)13-7-9-14(18-3)10-8-13/h7-10,12H,4-6,11H2,1-3H3,(H,16,17). The molecule has 1 aromatic carbocycles. The van der Waals surface area contributed by atoms with E-state index in [9.17, 15) is 4.79 Å². The van der Waals surface area contributed by atoms with E-state index in [1.807, 2.05) is 0 Å². The van der Waals surface area contributed by atoms with Crippen molar-refractivity contribution >= 4 is 5.91 Å². The lowest BCUT2D eigenvalue weighted by molar-refractivity contribution is 0.0953. The number of carbonyl (C=O) groups excluding carboxylic acids is 1. The average Bonchev–Trinajstić information content (AvgIpc) is 2.38. The normalized spacial score (nSPS) is 10.4. The Hall–Kier alpha value is -1.51. The molecule has 0 aliphatic carbocycles. The van der Waals surface area contributed by atoms with E-state index in [2.05, 4.69) is 19.2 Å². The highest BCUT2D eigenvalue weighted by Gasteiger charge is 2.04. The molecule has 0 aromatic heterocycles. The van der Waals surface area contributed by atoms with E-state index >= 15 is 0 Å². The van der Waals surface area contributed by atoms with Crippen molar-refractivity contribution in [3.8, 4) is 5.75 Å². The van der Waals surface area contributed by atoms with Gasteiger partial charge in [0.15, 0.2) is 0 Å². The summed E-state index contributed by atoms with van der Waals surface area (Å²) in [5.74, 6) is 1.49. The second-order valence-corrected chi connectivity index (χ2v) is 4.87. The van der Waals surface area contributed by atoms with Gasteiger partial charge in [-0.3, -0.25) is 4.79 Å². The molecule has 0 saturated carbocycles. The van der Waals surface area contributed by atoms with Crippen LogP contribution in [0.2, 0.25) is 0 Å². The summed E-state index contributed by atoms with van der Waals surface area (Å²) in [6.45, 7) is 5.18. The minimum atomic E-state index is -0.0119. The lowest BCUT2D eigenvalue weighted by atomic mass is 10.1. The number of carbonyl (C=O) groups is 1. The molecule has 3 heteroatoms. The van der Waals surface area contributed by atoms with Gasteiger partial charge in [-0.25, -0.2) is 0 Å². The van der Waals surface area contributed by atoms with Crippen molar-refractivity contribution in [2.24, 2.45) is 5.92 Å². The van der Waals surface area contributed by atoms with Crippen LogP contribution in [-0.4, -0.2) is 19.6 Å². The van der Waals surface area contributed by atoms with Gasteiger partial charge < -0.3 is 10.1 Å². The minimum Gasteiger partial charge on any atom is -0.497 e. The van der Waals surface area contributed by atoms with Gasteiger partial charge in [0.2, 0.25) is 0 Å². The summed E-state index contributed by atoms with van der Waals surface area (Å²) in [6.07, 6.45) is 3.43. The zero-order valence-electron chi connectivity index (χ0n) is 11.5. The molecule has 3 nitrogen and oxygen atoms in total. The van der Waals surface area contributed by atoms with E-state index in [-0.39, 0.29) is 5.91 Å². The molecule has 0 aliphatic rings. The third kappa shape index (κ3) is 5.21. The van der Waals surface area contributed by atoms with Crippen LogP contribution >= 0.6 is 0 Å². The largest absolute Gasteiger partial charge is 0.497 e. The lowest BCUT2D eigenvalue weighted by Gasteiger charge is -2.07. The van der Waals surface area contributed by atoms with Gasteiger partial charge in [-0.2, -0.15) is 0 Å². The summed E-state index contributed by atoms with van der Waals surface area (Å²) in [6, 6.07) is 7.16. The molecule has 0 atom stereocenters. The summed E-state index contributed by atoms with van der Waals surface area (Å²) >= 11 is 0. The fourth-order valence-electron chi connectivity index (χ4n) is 1.72. The van der Waals surface area contributed by atoms with Crippen molar-refractivity contribution in [2.45, 2.75) is 33.1 Å². The molecule has 0 unspecified atom stereocenters. The second kappa shape index (κ2) is 7.75. The molecule has 0 aliphatic heterocycles. The molecule has 0 spiro atoms. The summed E-state index contributed by atoms with van der Waals surface area (Å²) in [5, 5.41) is 2.93. The first-order valence-electron chi connectivity index (χ1n) is 6.55. The Morgan fingerprint density at radius 1 is 1.22 bits per heavy atom. The molecule has 0 radical (unpaired) electrons. The summed E-state index contributed by atoms with van der Waals surface area (Å²) in [7, 11) is 1.61. The van der Waals surface area contributed by atoms with Crippen LogP contribution in [0, 0.1) is 5.92 Å². The zero-order valence-corrected chi connectivity index (χ0v) is 11.5. The van der Waals surface area contributed by atoms with E-state index in [1.54, 1.807) is 31.4 Å². The highest BCUT2D eigenvalue weighted by molar-refractivity contribution is 5.94. The van der Waals surface area contributed by atoms with Gasteiger partial charge in [0, 0.05) is 12.1 Å². The van der Waals surface area contributed by atoms with E-state index < -0.39 is 0 Å². The van der Waals surface area contributed by atoms with Crippen molar-refractivity contribution in [3.63, 3.8) is 0 Å². The number of rotatable bonds is 7. The van der Waals surface area contributed by atoms with Gasteiger partial charge in [0.05, 0.1) is 7.11 Å². The Labute approximate surface area is 110 Å². The highest BCUT2D eigenvalue weighted by Crippen LogP contribution is 2.11. The van der Waals surface area contributed by atoms with E-state index in [4.69, 9.17) is 4.74 Å². The van der Waals surface area contributed by atoms with Gasteiger partial charge >= 0.3 is 0 Å². The van der Waals surface area contributed by atoms with Crippen molar-refractivity contribution in [1.82, 2.24) is 5.32 Å². The van der Waals surface area contributed by atoms with Crippen LogP contribution < -0.4 is 10.1 Å². The van der Waals surface area contributed by atoms with Crippen molar-refractivity contribution in [2.75, 3.05) is 13.7 Å². The van der Waals surface area contributed by atoms with E-state index in [0.29, 0.717) is 5.56 Å². The molecule has 0 heterocycles. The van der Waals surface area contributed by atoms with Crippen molar-refractivity contribution in [3.05, 3.63) is 29.8 Å². The van der Waals surface area contributed by atoms with Crippen LogP contribution in [0.5, 0.6) is 5.75 Å². The number of nitrogens with one attached hydrogen (secondary N) is 1. The van der Waals surface area contributed by atoms with Gasteiger partial charge in [-0.15, -0.1) is 0 Å². The summed E-state index contributed by atoms with van der Waals surface area (Å²) < 4.78 is 5.05. The average molecular weight is 249 g/mol. The molecule has 1 N–H and O–H groups in total. The third-order valence-corrected chi connectivity index (χ3v) is 2.85. The number of benzene rings is 1. The van der Waals surface area contributed by atoms with Gasteiger partial charge in [0.1, 0.15) is 5.75 Å². The van der Waals surface area contributed by atoms with Crippen LogP contribution in [0.3, 0.4) is 0 Å². The van der Waals surface area contributed by atoms with Crippen LogP contribution in [0.25, 0.3) is 0 Å². The van der Waals surface area contributed by atoms with Crippen molar-refractivity contribution < 1.29 is 9.53 Å². The first kappa shape index (κ1) is 14.6. The number of unbranched alkanes of at least 4 members (excludes halogenated alkanes) is 1. The number of ether oxygens (including phenoxy) is 1. The fraction of sp³-hybridized carbons (Fsp3) is 0.533. The Balaban J connectivity index is 2.27. The maximum Gasteiger partial charge on any atom is 0.251 e. The summed E-state index contributed by atoms with van der Waals surface area (Å²) in [4.78, 5) is 11.8. The Morgan fingerprint density at radius 3 is 2.44 bits per heavy atom. The first-order chi connectivity index (χ1) is 8.63. The number of methoxy groups -OCH3 is 1. The third-order valence-electron chi connectivity index (χ3n) is 2.85. The van der Waals surface area contributed by atoms with Crippen LogP contribution in [0.15, 0.2) is 24.3 Å². The van der Waals surface area contributed by atoms with Crippen molar-refractivity contribution in [1.29, 1.82) is 0 Å². The van der Waals surface area contributed by atoms with E-state index in [0.717, 1.165) is 24.6 Å². The molecular formula is C15H23NO2. The number of amides is 1. The monoisotopic (exact) mass is 249 g/mol. The summed E-state index contributed by atoms with van der Waals surface area (Å²) in [5.41, 5.74) is 0.680.